The smallest absolute Gasteiger partial charge is 0.260 e. The van der Waals surface area contributed by atoms with Gasteiger partial charge in [0.1, 0.15) is 0 Å². The lowest BCUT2D eigenvalue weighted by Gasteiger charge is -2.22. The van der Waals surface area contributed by atoms with E-state index in [1.165, 1.54) is 11.8 Å². The Hall–Kier alpha value is -1.42. The third kappa shape index (κ3) is 5.38. The van der Waals surface area contributed by atoms with Crippen LogP contribution < -0.4 is 0 Å². The highest BCUT2D eigenvalue weighted by atomic mass is 28.3. The van der Waals surface area contributed by atoms with Gasteiger partial charge in [0.25, 0.3) is 5.91 Å². The van der Waals surface area contributed by atoms with Crippen molar-refractivity contribution in [3.8, 4) is 0 Å². The maximum absolute atomic E-state index is 12.3. The van der Waals surface area contributed by atoms with Gasteiger partial charge in [0.2, 0.25) is 5.91 Å². The standard InChI is InChI=1S/C15H23NO2Si/c1-13(17)16(11-8-12-19(2,3)4)15(18)14-9-6-5-7-10-14/h5-7,9-10H,8,11-12H2,1-4H3. The predicted molar refractivity (Wildman–Crippen MR) is 80.9 cm³/mol. The van der Waals surface area contributed by atoms with Crippen molar-refractivity contribution in [1.29, 1.82) is 0 Å². The zero-order chi connectivity index (χ0) is 14.5. The fourth-order valence-corrected chi connectivity index (χ4v) is 3.12. The van der Waals surface area contributed by atoms with Crippen molar-refractivity contribution in [2.75, 3.05) is 6.54 Å². The summed E-state index contributed by atoms with van der Waals surface area (Å²) in [5.41, 5.74) is 0.575. The number of carbonyl (C=O) groups excluding carboxylic acids is 2. The maximum Gasteiger partial charge on any atom is 0.260 e. The molecular formula is C15H23NO2Si. The van der Waals surface area contributed by atoms with E-state index in [2.05, 4.69) is 19.6 Å². The van der Waals surface area contributed by atoms with Crippen molar-refractivity contribution in [3.05, 3.63) is 35.9 Å². The zero-order valence-electron chi connectivity index (χ0n) is 12.3. The topological polar surface area (TPSA) is 37.4 Å². The van der Waals surface area contributed by atoms with Crippen LogP contribution in [0.2, 0.25) is 25.7 Å². The molecule has 1 aromatic rings. The van der Waals surface area contributed by atoms with Crippen molar-refractivity contribution in [3.63, 3.8) is 0 Å². The van der Waals surface area contributed by atoms with Crippen molar-refractivity contribution in [1.82, 2.24) is 4.90 Å². The molecule has 1 rings (SSSR count). The van der Waals surface area contributed by atoms with Gasteiger partial charge in [-0.15, -0.1) is 0 Å². The molecule has 3 nitrogen and oxygen atoms in total. The van der Waals surface area contributed by atoms with Crippen molar-refractivity contribution in [2.45, 2.75) is 39.0 Å². The van der Waals surface area contributed by atoms with Crippen LogP contribution >= 0.6 is 0 Å². The highest BCUT2D eigenvalue weighted by Crippen LogP contribution is 2.13. The molecule has 0 aliphatic rings. The monoisotopic (exact) mass is 277 g/mol. The number of carbonyl (C=O) groups is 2. The largest absolute Gasteiger partial charge is 0.279 e. The van der Waals surface area contributed by atoms with Crippen molar-refractivity contribution in [2.24, 2.45) is 0 Å². The normalized spacial score (nSPS) is 11.2. The second-order valence-corrected chi connectivity index (χ2v) is 11.6. The summed E-state index contributed by atoms with van der Waals surface area (Å²) in [6.07, 6.45) is 0.897. The number of imide groups is 1. The number of nitrogens with zero attached hydrogens (tertiary/aromatic N) is 1. The molecule has 0 N–H and O–H groups in total. The number of amides is 2. The molecule has 2 amide bonds. The zero-order valence-corrected chi connectivity index (χ0v) is 13.3. The first kappa shape index (κ1) is 15.6. The molecule has 0 saturated heterocycles. The Kier molecular flexibility index (Phi) is 5.48. The van der Waals surface area contributed by atoms with Gasteiger partial charge < -0.3 is 0 Å². The van der Waals surface area contributed by atoms with Crippen LogP contribution in [-0.2, 0) is 4.79 Å². The number of benzene rings is 1. The molecule has 0 radical (unpaired) electrons. The summed E-state index contributed by atoms with van der Waals surface area (Å²) < 4.78 is 0. The van der Waals surface area contributed by atoms with Crippen molar-refractivity contribution < 1.29 is 9.59 Å². The van der Waals surface area contributed by atoms with Crippen LogP contribution in [0.4, 0.5) is 0 Å². The molecule has 0 aliphatic heterocycles. The van der Waals surface area contributed by atoms with Crippen LogP contribution in [0.5, 0.6) is 0 Å². The lowest BCUT2D eigenvalue weighted by atomic mass is 10.2. The first-order valence-electron chi connectivity index (χ1n) is 6.69. The summed E-state index contributed by atoms with van der Waals surface area (Å²) in [6, 6.07) is 10.1. The van der Waals surface area contributed by atoms with Crippen LogP contribution in [-0.4, -0.2) is 31.3 Å². The van der Waals surface area contributed by atoms with Gasteiger partial charge in [0.15, 0.2) is 0 Å². The van der Waals surface area contributed by atoms with Gasteiger partial charge in [0.05, 0.1) is 0 Å². The molecule has 0 bridgehead atoms. The van der Waals surface area contributed by atoms with E-state index in [1.807, 2.05) is 18.2 Å². The highest BCUT2D eigenvalue weighted by molar-refractivity contribution is 6.76. The highest BCUT2D eigenvalue weighted by Gasteiger charge is 2.20. The Bertz CT molecular complexity index is 437. The van der Waals surface area contributed by atoms with Crippen LogP contribution in [0.3, 0.4) is 0 Å². The summed E-state index contributed by atoms with van der Waals surface area (Å²) in [7, 11) is -1.12. The maximum atomic E-state index is 12.3. The molecule has 104 valence electrons. The minimum absolute atomic E-state index is 0.176. The van der Waals surface area contributed by atoms with Gasteiger partial charge in [-0.2, -0.15) is 0 Å². The quantitative estimate of drug-likeness (QED) is 0.774. The van der Waals surface area contributed by atoms with Crippen molar-refractivity contribution >= 4 is 19.9 Å². The second-order valence-electron chi connectivity index (χ2n) is 6.01. The molecule has 19 heavy (non-hydrogen) atoms. The molecule has 0 spiro atoms. The van der Waals surface area contributed by atoms with E-state index in [0.29, 0.717) is 12.1 Å². The van der Waals surface area contributed by atoms with E-state index in [-0.39, 0.29) is 11.8 Å². The molecule has 0 atom stereocenters. The van der Waals surface area contributed by atoms with Gasteiger partial charge in [-0.3, -0.25) is 14.5 Å². The molecular weight excluding hydrogens is 254 g/mol. The Morgan fingerprint density at radius 3 is 2.16 bits per heavy atom. The van der Waals surface area contributed by atoms with E-state index >= 15 is 0 Å². The third-order valence-electron chi connectivity index (χ3n) is 2.95. The van der Waals surface area contributed by atoms with E-state index in [9.17, 15) is 9.59 Å². The molecule has 0 fully saturated rings. The van der Waals surface area contributed by atoms with Gasteiger partial charge in [-0.25, -0.2) is 0 Å². The molecule has 1 aromatic carbocycles. The average molecular weight is 277 g/mol. The summed E-state index contributed by atoms with van der Waals surface area (Å²) in [5, 5.41) is 0. The molecule has 0 unspecified atom stereocenters. The average Bonchev–Trinajstić information content (AvgIpc) is 2.33. The first-order chi connectivity index (χ1) is 8.81. The molecule has 0 aromatic heterocycles. The van der Waals surface area contributed by atoms with E-state index in [0.717, 1.165) is 12.5 Å². The Labute approximate surface area is 116 Å². The van der Waals surface area contributed by atoms with Gasteiger partial charge in [-0.05, 0) is 18.6 Å². The van der Waals surface area contributed by atoms with E-state index in [1.54, 1.807) is 12.1 Å². The molecule has 4 heteroatoms. The van der Waals surface area contributed by atoms with Crippen LogP contribution in [0.15, 0.2) is 30.3 Å². The van der Waals surface area contributed by atoms with Crippen LogP contribution in [0, 0.1) is 0 Å². The number of hydrogen-bond acceptors (Lipinski definition) is 2. The first-order valence-corrected chi connectivity index (χ1v) is 10.4. The minimum Gasteiger partial charge on any atom is -0.279 e. The second kappa shape index (κ2) is 6.66. The lowest BCUT2D eigenvalue weighted by molar-refractivity contribution is -0.126. The minimum atomic E-state index is -1.12. The SMILES string of the molecule is CC(=O)N(CCC[Si](C)(C)C)C(=O)c1ccccc1. The van der Waals surface area contributed by atoms with Gasteiger partial charge >= 0.3 is 0 Å². The summed E-state index contributed by atoms with van der Waals surface area (Å²) in [6.45, 7) is 8.86. The molecule has 0 heterocycles. The van der Waals surface area contributed by atoms with Crippen LogP contribution in [0.25, 0.3) is 0 Å². The summed E-state index contributed by atoms with van der Waals surface area (Å²) in [5.74, 6) is -0.367. The number of hydrogen-bond donors (Lipinski definition) is 0. The Balaban J connectivity index is 2.68. The summed E-state index contributed by atoms with van der Waals surface area (Å²) in [4.78, 5) is 25.2. The third-order valence-corrected chi connectivity index (χ3v) is 4.81. The van der Waals surface area contributed by atoms with E-state index in [4.69, 9.17) is 0 Å². The van der Waals surface area contributed by atoms with E-state index < -0.39 is 8.07 Å². The fraction of sp³-hybridized carbons (Fsp3) is 0.467. The lowest BCUT2D eigenvalue weighted by Crippen LogP contribution is -2.36. The van der Waals surface area contributed by atoms with Gasteiger partial charge in [0, 0.05) is 27.1 Å². The van der Waals surface area contributed by atoms with Gasteiger partial charge in [-0.1, -0.05) is 43.9 Å². The predicted octanol–water partition coefficient (Wildman–Crippen LogP) is 3.40. The molecule has 0 aliphatic carbocycles. The number of rotatable bonds is 5. The molecule has 0 saturated carbocycles. The fourth-order valence-electron chi connectivity index (χ4n) is 1.91. The Morgan fingerprint density at radius 1 is 1.11 bits per heavy atom. The van der Waals surface area contributed by atoms with Crippen LogP contribution in [0.1, 0.15) is 23.7 Å². The summed E-state index contributed by atoms with van der Waals surface area (Å²) >= 11 is 0. The Morgan fingerprint density at radius 2 is 1.68 bits per heavy atom.